The zero-order valence-electron chi connectivity index (χ0n) is 12.3. The van der Waals surface area contributed by atoms with Gasteiger partial charge < -0.3 is 14.6 Å². The van der Waals surface area contributed by atoms with Crippen molar-refractivity contribution in [3.63, 3.8) is 0 Å². The van der Waals surface area contributed by atoms with Gasteiger partial charge in [0, 0.05) is 6.61 Å². The van der Waals surface area contributed by atoms with Crippen molar-refractivity contribution < 1.29 is 14.6 Å². The van der Waals surface area contributed by atoms with Crippen molar-refractivity contribution in [2.75, 3.05) is 13.7 Å². The number of hydrogen-bond donors (Lipinski definition) is 1. The maximum Gasteiger partial charge on any atom is 0.160 e. The normalized spacial score (nSPS) is 12.4. The van der Waals surface area contributed by atoms with Crippen LogP contribution in [0.1, 0.15) is 57.6 Å². The maximum absolute atomic E-state index is 9.60. The molecule has 0 aliphatic heterocycles. The topological polar surface area (TPSA) is 38.7 Å². The zero-order chi connectivity index (χ0) is 14.1. The Hall–Kier alpha value is -1.22. The lowest BCUT2D eigenvalue weighted by Gasteiger charge is -2.17. The Bertz CT molecular complexity index is 363. The van der Waals surface area contributed by atoms with E-state index in [1.165, 1.54) is 19.3 Å². The summed E-state index contributed by atoms with van der Waals surface area (Å²) in [5.74, 6) is 0.676. The second-order valence-corrected chi connectivity index (χ2v) is 4.76. The summed E-state index contributed by atoms with van der Waals surface area (Å²) in [7, 11) is 1.56. The van der Waals surface area contributed by atoms with Crippen LogP contribution in [0.5, 0.6) is 11.5 Å². The van der Waals surface area contributed by atoms with E-state index >= 15 is 0 Å². The van der Waals surface area contributed by atoms with E-state index in [0.29, 0.717) is 5.75 Å². The van der Waals surface area contributed by atoms with Crippen LogP contribution in [0.3, 0.4) is 0 Å². The van der Waals surface area contributed by atoms with Gasteiger partial charge in [-0.15, -0.1) is 0 Å². The number of aromatic hydroxyl groups is 1. The van der Waals surface area contributed by atoms with Crippen molar-refractivity contribution in [1.82, 2.24) is 0 Å². The molecule has 0 radical (unpaired) electrons. The SMILES string of the molecule is CCCCCCOC(CC)c1ccc(O)c(OC)c1. The summed E-state index contributed by atoms with van der Waals surface area (Å²) in [5.41, 5.74) is 1.06. The number of rotatable bonds is 9. The molecule has 1 aromatic carbocycles. The molecule has 1 aromatic rings. The van der Waals surface area contributed by atoms with Gasteiger partial charge in [0.15, 0.2) is 11.5 Å². The van der Waals surface area contributed by atoms with Crippen molar-refractivity contribution in [3.8, 4) is 11.5 Å². The summed E-state index contributed by atoms with van der Waals surface area (Å²) in [6, 6.07) is 5.42. The van der Waals surface area contributed by atoms with Crippen LogP contribution in [0.4, 0.5) is 0 Å². The molecule has 1 N–H and O–H groups in total. The summed E-state index contributed by atoms with van der Waals surface area (Å²) in [6.45, 7) is 5.11. The lowest BCUT2D eigenvalue weighted by molar-refractivity contribution is 0.0471. The third-order valence-electron chi connectivity index (χ3n) is 3.26. The van der Waals surface area contributed by atoms with Gasteiger partial charge in [-0.05, 0) is 30.5 Å². The van der Waals surface area contributed by atoms with E-state index in [1.54, 1.807) is 13.2 Å². The van der Waals surface area contributed by atoms with Gasteiger partial charge in [-0.2, -0.15) is 0 Å². The van der Waals surface area contributed by atoms with Crippen LogP contribution in [-0.2, 0) is 4.74 Å². The quantitative estimate of drug-likeness (QED) is 0.671. The fraction of sp³-hybridized carbons (Fsp3) is 0.625. The third kappa shape index (κ3) is 5.11. The Balaban J connectivity index is 2.54. The molecule has 19 heavy (non-hydrogen) atoms. The molecule has 0 heterocycles. The predicted molar refractivity (Wildman–Crippen MR) is 77.8 cm³/mol. The Kier molecular flexibility index (Phi) is 7.34. The first kappa shape index (κ1) is 15.8. The van der Waals surface area contributed by atoms with E-state index in [9.17, 15) is 5.11 Å². The van der Waals surface area contributed by atoms with Gasteiger partial charge in [-0.25, -0.2) is 0 Å². The second kappa shape index (κ2) is 8.81. The van der Waals surface area contributed by atoms with Gasteiger partial charge in [0.1, 0.15) is 0 Å². The summed E-state index contributed by atoms with van der Waals surface area (Å²) < 4.78 is 11.1. The van der Waals surface area contributed by atoms with Crippen molar-refractivity contribution in [1.29, 1.82) is 0 Å². The van der Waals surface area contributed by atoms with Gasteiger partial charge in [0.05, 0.1) is 13.2 Å². The fourth-order valence-corrected chi connectivity index (χ4v) is 2.10. The number of ether oxygens (including phenoxy) is 2. The van der Waals surface area contributed by atoms with E-state index in [1.807, 2.05) is 12.1 Å². The Morgan fingerprint density at radius 2 is 1.95 bits per heavy atom. The summed E-state index contributed by atoms with van der Waals surface area (Å²) >= 11 is 0. The molecule has 3 heteroatoms. The van der Waals surface area contributed by atoms with Crippen LogP contribution in [0.15, 0.2) is 18.2 Å². The standard InChI is InChI=1S/C16H26O3/c1-4-6-7-8-11-19-15(5-2)13-9-10-14(17)16(12-13)18-3/h9-10,12,15,17H,4-8,11H2,1-3H3. The Morgan fingerprint density at radius 1 is 1.16 bits per heavy atom. The summed E-state index contributed by atoms with van der Waals surface area (Å²) in [4.78, 5) is 0. The fourth-order valence-electron chi connectivity index (χ4n) is 2.10. The minimum Gasteiger partial charge on any atom is -0.504 e. The minimum absolute atomic E-state index is 0.0797. The van der Waals surface area contributed by atoms with E-state index < -0.39 is 0 Å². The van der Waals surface area contributed by atoms with E-state index in [2.05, 4.69) is 13.8 Å². The van der Waals surface area contributed by atoms with Crippen LogP contribution in [0.25, 0.3) is 0 Å². The van der Waals surface area contributed by atoms with Crippen LogP contribution in [0, 0.1) is 0 Å². The Morgan fingerprint density at radius 3 is 2.58 bits per heavy atom. The van der Waals surface area contributed by atoms with E-state index in [0.717, 1.165) is 25.0 Å². The van der Waals surface area contributed by atoms with Crippen molar-refractivity contribution in [2.24, 2.45) is 0 Å². The largest absolute Gasteiger partial charge is 0.504 e. The summed E-state index contributed by atoms with van der Waals surface area (Å²) in [6.07, 6.45) is 5.85. The highest BCUT2D eigenvalue weighted by molar-refractivity contribution is 5.42. The molecule has 0 fully saturated rings. The minimum atomic E-state index is 0.0797. The predicted octanol–water partition coefficient (Wildman–Crippen LogP) is 4.45. The van der Waals surface area contributed by atoms with Gasteiger partial charge >= 0.3 is 0 Å². The third-order valence-corrected chi connectivity index (χ3v) is 3.26. The van der Waals surface area contributed by atoms with Crippen LogP contribution in [0.2, 0.25) is 0 Å². The van der Waals surface area contributed by atoms with Gasteiger partial charge in [-0.3, -0.25) is 0 Å². The molecule has 0 saturated heterocycles. The molecular formula is C16H26O3. The highest BCUT2D eigenvalue weighted by Gasteiger charge is 2.12. The monoisotopic (exact) mass is 266 g/mol. The molecule has 3 nitrogen and oxygen atoms in total. The summed E-state index contributed by atoms with van der Waals surface area (Å²) in [5, 5.41) is 9.60. The number of phenols is 1. The van der Waals surface area contributed by atoms with Crippen molar-refractivity contribution in [3.05, 3.63) is 23.8 Å². The first-order chi connectivity index (χ1) is 9.22. The lowest BCUT2D eigenvalue weighted by Crippen LogP contribution is -2.05. The number of unbranched alkanes of at least 4 members (excludes halogenated alkanes) is 3. The average molecular weight is 266 g/mol. The van der Waals surface area contributed by atoms with Crippen molar-refractivity contribution >= 4 is 0 Å². The van der Waals surface area contributed by atoms with Crippen molar-refractivity contribution in [2.45, 2.75) is 52.1 Å². The van der Waals surface area contributed by atoms with Gasteiger partial charge in [0.25, 0.3) is 0 Å². The molecule has 0 aromatic heterocycles. The maximum atomic E-state index is 9.60. The number of phenolic OH excluding ortho intramolecular Hbond substituents is 1. The lowest BCUT2D eigenvalue weighted by atomic mass is 10.1. The van der Waals surface area contributed by atoms with Crippen LogP contribution >= 0.6 is 0 Å². The molecule has 0 amide bonds. The molecule has 0 saturated carbocycles. The first-order valence-corrected chi connectivity index (χ1v) is 7.21. The molecular weight excluding hydrogens is 240 g/mol. The second-order valence-electron chi connectivity index (χ2n) is 4.76. The number of hydrogen-bond acceptors (Lipinski definition) is 3. The molecule has 1 unspecified atom stereocenters. The van der Waals surface area contributed by atoms with E-state index in [-0.39, 0.29) is 11.9 Å². The zero-order valence-corrected chi connectivity index (χ0v) is 12.3. The molecule has 0 bridgehead atoms. The smallest absolute Gasteiger partial charge is 0.160 e. The van der Waals surface area contributed by atoms with E-state index in [4.69, 9.17) is 9.47 Å². The molecule has 0 spiro atoms. The molecule has 1 atom stereocenters. The van der Waals surface area contributed by atoms with Crippen LogP contribution in [-0.4, -0.2) is 18.8 Å². The van der Waals surface area contributed by atoms with Gasteiger partial charge in [-0.1, -0.05) is 39.2 Å². The highest BCUT2D eigenvalue weighted by Crippen LogP contribution is 2.31. The molecule has 1 rings (SSSR count). The number of benzene rings is 1. The molecule has 108 valence electrons. The highest BCUT2D eigenvalue weighted by atomic mass is 16.5. The average Bonchev–Trinajstić information content (AvgIpc) is 2.44. The molecule has 0 aliphatic rings. The number of methoxy groups -OCH3 is 1. The Labute approximate surface area is 116 Å². The molecule has 0 aliphatic carbocycles. The van der Waals surface area contributed by atoms with Crippen LogP contribution < -0.4 is 4.74 Å². The van der Waals surface area contributed by atoms with Gasteiger partial charge in [0.2, 0.25) is 0 Å². The first-order valence-electron chi connectivity index (χ1n) is 7.21.